The number of rotatable bonds is 3. The summed E-state index contributed by atoms with van der Waals surface area (Å²) in [6.07, 6.45) is 4.82. The first-order chi connectivity index (χ1) is 12.2. The fraction of sp³-hybridized carbons (Fsp3) is 0.143. The van der Waals surface area contributed by atoms with Gasteiger partial charge in [-0.05, 0) is 23.6 Å². The van der Waals surface area contributed by atoms with Crippen molar-refractivity contribution in [2.45, 2.75) is 12.8 Å². The van der Waals surface area contributed by atoms with Crippen LogP contribution in [0.5, 0.6) is 0 Å². The first kappa shape index (κ1) is 15.4. The summed E-state index contributed by atoms with van der Waals surface area (Å²) < 4.78 is 0. The minimum Gasteiger partial charge on any atom is -0.511 e. The number of nitrogens with zero attached hydrogens (tertiary/aromatic N) is 1. The van der Waals surface area contributed by atoms with Crippen LogP contribution >= 0.6 is 0 Å². The van der Waals surface area contributed by atoms with Gasteiger partial charge >= 0.3 is 0 Å². The second-order valence-corrected chi connectivity index (χ2v) is 6.29. The van der Waals surface area contributed by atoms with Crippen LogP contribution < -0.4 is 0 Å². The molecule has 1 heterocycles. The Labute approximate surface area is 145 Å². The maximum absolute atomic E-state index is 12.6. The minimum absolute atomic E-state index is 0.000773. The Balaban J connectivity index is 1.60. The van der Waals surface area contributed by atoms with E-state index in [0.29, 0.717) is 24.2 Å². The first-order valence-electron chi connectivity index (χ1n) is 8.34. The summed E-state index contributed by atoms with van der Waals surface area (Å²) in [5, 5.41) is 10.5. The number of aromatic nitrogens is 2. The van der Waals surface area contributed by atoms with Crippen LogP contribution in [0.3, 0.4) is 0 Å². The second-order valence-electron chi connectivity index (χ2n) is 6.29. The summed E-state index contributed by atoms with van der Waals surface area (Å²) in [7, 11) is 0. The zero-order valence-corrected chi connectivity index (χ0v) is 13.6. The van der Waals surface area contributed by atoms with Crippen molar-refractivity contribution < 1.29 is 9.90 Å². The molecule has 2 N–H and O–H groups in total. The molecule has 1 aliphatic rings. The fourth-order valence-corrected chi connectivity index (χ4v) is 3.21. The molecule has 4 heteroatoms. The predicted octanol–water partition coefficient (Wildman–Crippen LogP) is 4.52. The Morgan fingerprint density at radius 3 is 2.56 bits per heavy atom. The average Bonchev–Trinajstić information content (AvgIpc) is 3.04. The SMILES string of the molecule is O=C1CC(/C=C/c2ccccc2)CC(O)=C1c1nc2ccccc2[nH]1. The second kappa shape index (κ2) is 6.40. The Morgan fingerprint density at radius 2 is 1.80 bits per heavy atom. The van der Waals surface area contributed by atoms with E-state index in [4.69, 9.17) is 0 Å². The summed E-state index contributed by atoms with van der Waals surface area (Å²) in [6, 6.07) is 17.5. The number of hydrogen-bond donors (Lipinski definition) is 2. The topological polar surface area (TPSA) is 66.0 Å². The summed E-state index contributed by atoms with van der Waals surface area (Å²) in [4.78, 5) is 20.2. The smallest absolute Gasteiger partial charge is 0.170 e. The van der Waals surface area contributed by atoms with Crippen LogP contribution in [0.2, 0.25) is 0 Å². The molecule has 1 unspecified atom stereocenters. The van der Waals surface area contributed by atoms with Gasteiger partial charge in [-0.25, -0.2) is 4.98 Å². The molecular formula is C21H18N2O2. The summed E-state index contributed by atoms with van der Waals surface area (Å²) in [5.74, 6) is 0.485. The normalized spacial score (nSPS) is 18.4. The third-order valence-electron chi connectivity index (χ3n) is 4.46. The Morgan fingerprint density at radius 1 is 1.04 bits per heavy atom. The Bertz CT molecular complexity index is 950. The monoisotopic (exact) mass is 330 g/mol. The van der Waals surface area contributed by atoms with Crippen LogP contribution in [-0.4, -0.2) is 20.9 Å². The largest absolute Gasteiger partial charge is 0.511 e. The molecular weight excluding hydrogens is 312 g/mol. The molecule has 0 bridgehead atoms. The molecule has 25 heavy (non-hydrogen) atoms. The van der Waals surface area contributed by atoms with Gasteiger partial charge in [0.25, 0.3) is 0 Å². The lowest BCUT2D eigenvalue weighted by atomic mass is 9.86. The standard InChI is InChI=1S/C21H18N2O2/c24-18-12-15(11-10-14-6-2-1-3-7-14)13-19(25)20(18)21-22-16-8-4-5-9-17(16)23-21/h1-11,15,24H,12-13H2,(H,22,23)/b11-10+. The van der Waals surface area contributed by atoms with Crippen molar-refractivity contribution in [2.75, 3.05) is 0 Å². The molecule has 0 saturated carbocycles. The lowest BCUT2D eigenvalue weighted by Gasteiger charge is -2.20. The number of carbonyl (C=O) groups is 1. The first-order valence-corrected chi connectivity index (χ1v) is 8.34. The van der Waals surface area contributed by atoms with Crippen molar-refractivity contribution in [1.82, 2.24) is 9.97 Å². The number of nitrogens with one attached hydrogen (secondary N) is 1. The maximum atomic E-state index is 12.6. The van der Waals surface area contributed by atoms with Crippen LogP contribution in [0.1, 0.15) is 24.2 Å². The van der Waals surface area contributed by atoms with Gasteiger partial charge in [0.1, 0.15) is 11.6 Å². The summed E-state index contributed by atoms with van der Waals surface area (Å²) in [6.45, 7) is 0. The number of aromatic amines is 1. The van der Waals surface area contributed by atoms with Crippen molar-refractivity contribution in [1.29, 1.82) is 0 Å². The minimum atomic E-state index is -0.0782. The Hall–Kier alpha value is -3.14. The van der Waals surface area contributed by atoms with Crippen molar-refractivity contribution in [3.05, 3.63) is 77.8 Å². The number of benzene rings is 2. The highest BCUT2D eigenvalue weighted by Crippen LogP contribution is 2.32. The van der Waals surface area contributed by atoms with Crippen molar-refractivity contribution in [2.24, 2.45) is 5.92 Å². The number of carbonyl (C=O) groups excluding carboxylic acids is 1. The van der Waals surface area contributed by atoms with Gasteiger partial charge in [-0.2, -0.15) is 0 Å². The van der Waals surface area contributed by atoms with Gasteiger partial charge in [-0.1, -0.05) is 54.6 Å². The van der Waals surface area contributed by atoms with Gasteiger partial charge in [-0.3, -0.25) is 4.79 Å². The molecule has 2 aromatic carbocycles. The molecule has 0 radical (unpaired) electrons. The molecule has 1 aromatic heterocycles. The highest BCUT2D eigenvalue weighted by molar-refractivity contribution is 6.21. The van der Waals surface area contributed by atoms with Gasteiger partial charge in [0, 0.05) is 12.8 Å². The van der Waals surface area contributed by atoms with Gasteiger partial charge in [0.05, 0.1) is 16.6 Å². The van der Waals surface area contributed by atoms with E-state index in [0.717, 1.165) is 16.6 Å². The molecule has 0 amide bonds. The highest BCUT2D eigenvalue weighted by atomic mass is 16.3. The number of fused-ring (bicyclic) bond motifs is 1. The fourth-order valence-electron chi connectivity index (χ4n) is 3.21. The number of aliphatic hydroxyl groups excluding tert-OH is 1. The maximum Gasteiger partial charge on any atom is 0.170 e. The average molecular weight is 330 g/mol. The van der Waals surface area contributed by atoms with E-state index < -0.39 is 0 Å². The zero-order chi connectivity index (χ0) is 17.2. The molecule has 3 aromatic rings. The van der Waals surface area contributed by atoms with Gasteiger partial charge in [0.2, 0.25) is 0 Å². The van der Waals surface area contributed by atoms with E-state index in [9.17, 15) is 9.90 Å². The number of para-hydroxylation sites is 2. The van der Waals surface area contributed by atoms with E-state index >= 15 is 0 Å². The van der Waals surface area contributed by atoms with E-state index in [1.54, 1.807) is 0 Å². The zero-order valence-electron chi connectivity index (χ0n) is 13.6. The number of ketones is 1. The highest BCUT2D eigenvalue weighted by Gasteiger charge is 2.29. The molecule has 0 fully saturated rings. The number of aliphatic hydroxyl groups is 1. The predicted molar refractivity (Wildman–Crippen MR) is 98.8 cm³/mol. The lowest BCUT2D eigenvalue weighted by molar-refractivity contribution is -0.114. The Kier molecular flexibility index (Phi) is 3.94. The molecule has 0 aliphatic heterocycles. The molecule has 1 atom stereocenters. The molecule has 0 saturated heterocycles. The van der Waals surface area contributed by atoms with Crippen LogP contribution in [0.15, 0.2) is 66.4 Å². The molecule has 124 valence electrons. The van der Waals surface area contributed by atoms with E-state index in [1.165, 1.54) is 0 Å². The number of Topliss-reactive ketones (excluding diaryl/α,β-unsaturated/α-hetero) is 1. The van der Waals surface area contributed by atoms with Crippen LogP contribution in [0.4, 0.5) is 0 Å². The van der Waals surface area contributed by atoms with E-state index in [2.05, 4.69) is 9.97 Å². The molecule has 1 aliphatic carbocycles. The summed E-state index contributed by atoms with van der Waals surface area (Å²) >= 11 is 0. The number of hydrogen-bond acceptors (Lipinski definition) is 3. The molecule has 4 rings (SSSR count). The van der Waals surface area contributed by atoms with E-state index in [1.807, 2.05) is 66.7 Å². The van der Waals surface area contributed by atoms with Crippen molar-refractivity contribution >= 4 is 28.5 Å². The molecule has 4 nitrogen and oxygen atoms in total. The van der Waals surface area contributed by atoms with Gasteiger partial charge in [0.15, 0.2) is 5.78 Å². The summed E-state index contributed by atoms with van der Waals surface area (Å²) in [5.41, 5.74) is 3.05. The number of H-pyrrole nitrogens is 1. The van der Waals surface area contributed by atoms with Crippen LogP contribution in [0, 0.1) is 5.92 Å². The van der Waals surface area contributed by atoms with Gasteiger partial charge in [-0.15, -0.1) is 0 Å². The van der Waals surface area contributed by atoms with Crippen LogP contribution in [0.25, 0.3) is 22.7 Å². The van der Waals surface area contributed by atoms with E-state index in [-0.39, 0.29) is 17.5 Å². The number of allylic oxidation sites excluding steroid dienone is 3. The van der Waals surface area contributed by atoms with Crippen molar-refractivity contribution in [3.63, 3.8) is 0 Å². The van der Waals surface area contributed by atoms with Crippen LogP contribution in [-0.2, 0) is 4.79 Å². The third-order valence-corrected chi connectivity index (χ3v) is 4.46. The molecule has 0 spiro atoms. The quantitative estimate of drug-likeness (QED) is 0.742. The van der Waals surface area contributed by atoms with Gasteiger partial charge < -0.3 is 10.1 Å². The van der Waals surface area contributed by atoms with Crippen molar-refractivity contribution in [3.8, 4) is 0 Å². The lowest BCUT2D eigenvalue weighted by Crippen LogP contribution is -2.18. The number of imidazole rings is 1. The third kappa shape index (κ3) is 3.11.